The highest BCUT2D eigenvalue weighted by Gasteiger charge is 2.41. The second kappa shape index (κ2) is 5.61. The molecule has 0 saturated carbocycles. The number of hydrogen-bond donors (Lipinski definition) is 1. The number of carbonyl (C=O) groups is 1. The Morgan fingerprint density at radius 3 is 3.25 bits per heavy atom. The van der Waals surface area contributed by atoms with Crippen LogP contribution in [0.4, 0.5) is 0 Å². The summed E-state index contributed by atoms with van der Waals surface area (Å²) in [7, 11) is 0. The van der Waals surface area contributed by atoms with Gasteiger partial charge in [0.2, 0.25) is 0 Å². The molecular formula is C14H17NO4S. The third kappa shape index (κ3) is 2.76. The van der Waals surface area contributed by atoms with Gasteiger partial charge in [-0.2, -0.15) is 11.8 Å². The first kappa shape index (κ1) is 13.7. The van der Waals surface area contributed by atoms with Gasteiger partial charge in [0.25, 0.3) is 0 Å². The van der Waals surface area contributed by atoms with Crippen LogP contribution in [0.1, 0.15) is 29.8 Å². The molecule has 3 rings (SSSR count). The lowest BCUT2D eigenvalue weighted by Gasteiger charge is -2.37. The Hall–Kier alpha value is -1.27. The minimum atomic E-state index is -1.06. The third-order valence-corrected chi connectivity index (χ3v) is 5.00. The summed E-state index contributed by atoms with van der Waals surface area (Å²) in [4.78, 5) is 15.0. The molecule has 1 N–H and O–H groups in total. The predicted molar refractivity (Wildman–Crippen MR) is 75.5 cm³/mol. The monoisotopic (exact) mass is 295 g/mol. The van der Waals surface area contributed by atoms with Crippen molar-refractivity contribution in [2.75, 3.05) is 18.1 Å². The van der Waals surface area contributed by atoms with Crippen LogP contribution in [-0.4, -0.2) is 45.9 Å². The third-order valence-electron chi connectivity index (χ3n) is 3.78. The molecule has 0 bridgehead atoms. The van der Waals surface area contributed by atoms with E-state index >= 15 is 0 Å². The molecule has 2 atom stereocenters. The Morgan fingerprint density at radius 1 is 1.60 bits per heavy atom. The molecule has 108 valence electrons. The van der Waals surface area contributed by atoms with Crippen LogP contribution in [0.5, 0.6) is 5.75 Å². The smallest absolute Gasteiger partial charge is 0.358 e. The second-order valence-electron chi connectivity index (χ2n) is 5.22. The SMILES string of the molecule is O=C(O)c1ncccc1OC1CCOC2(CCSC2)C1. The predicted octanol–water partition coefficient (Wildman–Crippen LogP) is 2.21. The molecule has 1 spiro atoms. The first-order chi connectivity index (χ1) is 9.69. The van der Waals surface area contributed by atoms with Gasteiger partial charge in [0.1, 0.15) is 6.10 Å². The van der Waals surface area contributed by atoms with Crippen molar-refractivity contribution >= 4 is 17.7 Å². The van der Waals surface area contributed by atoms with Crippen LogP contribution in [0.15, 0.2) is 18.3 Å². The Morgan fingerprint density at radius 2 is 2.50 bits per heavy atom. The maximum Gasteiger partial charge on any atom is 0.358 e. The van der Waals surface area contributed by atoms with Gasteiger partial charge in [0.15, 0.2) is 11.4 Å². The van der Waals surface area contributed by atoms with Gasteiger partial charge in [0.05, 0.1) is 12.2 Å². The normalized spacial score (nSPS) is 29.5. The van der Waals surface area contributed by atoms with E-state index in [0.29, 0.717) is 12.4 Å². The number of carboxylic acids is 1. The maximum absolute atomic E-state index is 11.1. The summed E-state index contributed by atoms with van der Waals surface area (Å²) in [5.41, 5.74) is -0.0899. The minimum Gasteiger partial charge on any atom is -0.488 e. The minimum absolute atomic E-state index is 0.00440. The van der Waals surface area contributed by atoms with Crippen molar-refractivity contribution in [3.8, 4) is 5.75 Å². The van der Waals surface area contributed by atoms with Crippen molar-refractivity contribution in [3.63, 3.8) is 0 Å². The van der Waals surface area contributed by atoms with E-state index in [1.807, 2.05) is 11.8 Å². The first-order valence-corrected chi connectivity index (χ1v) is 7.91. The Labute approximate surface area is 121 Å². The number of ether oxygens (including phenoxy) is 2. The van der Waals surface area contributed by atoms with Gasteiger partial charge in [-0.15, -0.1) is 0 Å². The van der Waals surface area contributed by atoms with Crippen LogP contribution in [-0.2, 0) is 4.74 Å². The molecule has 6 heteroatoms. The van der Waals surface area contributed by atoms with Gasteiger partial charge in [-0.25, -0.2) is 9.78 Å². The lowest BCUT2D eigenvalue weighted by Crippen LogP contribution is -2.44. The fraction of sp³-hybridized carbons (Fsp3) is 0.571. The van der Waals surface area contributed by atoms with E-state index in [1.54, 1.807) is 12.1 Å². The highest BCUT2D eigenvalue weighted by Crippen LogP contribution is 2.39. The standard InChI is InChI=1S/C14H17NO4S/c16-13(17)12-11(2-1-5-15-12)19-10-3-6-18-14(8-10)4-7-20-9-14/h1-2,5,10H,3-4,6-9H2,(H,16,17). The van der Waals surface area contributed by atoms with Crippen LogP contribution in [0.3, 0.4) is 0 Å². The number of aromatic nitrogens is 1. The zero-order valence-corrected chi connectivity index (χ0v) is 11.9. The fourth-order valence-electron chi connectivity index (χ4n) is 2.77. The van der Waals surface area contributed by atoms with Crippen molar-refractivity contribution in [1.82, 2.24) is 4.98 Å². The highest BCUT2D eigenvalue weighted by atomic mass is 32.2. The zero-order valence-electron chi connectivity index (χ0n) is 11.1. The topological polar surface area (TPSA) is 68.7 Å². The Bertz CT molecular complexity index is 502. The summed E-state index contributed by atoms with van der Waals surface area (Å²) < 4.78 is 11.8. The largest absolute Gasteiger partial charge is 0.488 e. The molecular weight excluding hydrogens is 278 g/mol. The van der Waals surface area contributed by atoms with Crippen LogP contribution < -0.4 is 4.74 Å². The Balaban J connectivity index is 1.73. The van der Waals surface area contributed by atoms with Gasteiger partial charge < -0.3 is 14.6 Å². The molecule has 0 amide bonds. The van der Waals surface area contributed by atoms with E-state index in [2.05, 4.69) is 4.98 Å². The van der Waals surface area contributed by atoms with Crippen LogP contribution in [0.2, 0.25) is 0 Å². The van der Waals surface area contributed by atoms with E-state index < -0.39 is 5.97 Å². The quantitative estimate of drug-likeness (QED) is 0.922. The molecule has 2 saturated heterocycles. The van der Waals surface area contributed by atoms with Crippen molar-refractivity contribution < 1.29 is 19.4 Å². The average Bonchev–Trinajstić information content (AvgIpc) is 2.87. The highest BCUT2D eigenvalue weighted by molar-refractivity contribution is 7.99. The molecule has 2 aliphatic rings. The number of thioether (sulfide) groups is 1. The van der Waals surface area contributed by atoms with E-state index in [-0.39, 0.29) is 17.4 Å². The zero-order chi connectivity index (χ0) is 14.0. The Kier molecular flexibility index (Phi) is 3.85. The van der Waals surface area contributed by atoms with Crippen molar-refractivity contribution in [1.29, 1.82) is 0 Å². The summed E-state index contributed by atoms with van der Waals surface area (Å²) in [6.07, 6.45) is 4.14. The van der Waals surface area contributed by atoms with Gasteiger partial charge in [-0.05, 0) is 24.3 Å². The second-order valence-corrected chi connectivity index (χ2v) is 6.33. The molecule has 2 aliphatic heterocycles. The van der Waals surface area contributed by atoms with Crippen molar-refractivity contribution in [2.24, 2.45) is 0 Å². The molecule has 0 aliphatic carbocycles. The first-order valence-electron chi connectivity index (χ1n) is 6.75. The van der Waals surface area contributed by atoms with Crippen molar-refractivity contribution in [2.45, 2.75) is 31.0 Å². The number of hydrogen-bond acceptors (Lipinski definition) is 5. The summed E-state index contributed by atoms with van der Waals surface area (Å²) >= 11 is 1.91. The van der Waals surface area contributed by atoms with Gasteiger partial charge >= 0.3 is 5.97 Å². The van der Waals surface area contributed by atoms with Crippen LogP contribution in [0, 0.1) is 0 Å². The van der Waals surface area contributed by atoms with Gasteiger partial charge in [-0.3, -0.25) is 0 Å². The van der Waals surface area contributed by atoms with Crippen molar-refractivity contribution in [3.05, 3.63) is 24.0 Å². The van der Waals surface area contributed by atoms with E-state index in [0.717, 1.165) is 30.8 Å². The molecule has 5 nitrogen and oxygen atoms in total. The molecule has 3 heterocycles. The summed E-state index contributed by atoms with van der Waals surface area (Å²) in [5.74, 6) is 1.43. The average molecular weight is 295 g/mol. The molecule has 1 aromatic heterocycles. The lowest BCUT2D eigenvalue weighted by atomic mass is 9.91. The molecule has 1 aromatic rings. The summed E-state index contributed by atoms with van der Waals surface area (Å²) in [6, 6.07) is 3.37. The number of nitrogens with zero attached hydrogens (tertiary/aromatic N) is 1. The van der Waals surface area contributed by atoms with Crippen LogP contribution >= 0.6 is 11.8 Å². The van der Waals surface area contributed by atoms with Gasteiger partial charge in [0, 0.05) is 24.8 Å². The molecule has 20 heavy (non-hydrogen) atoms. The van der Waals surface area contributed by atoms with Gasteiger partial charge in [-0.1, -0.05) is 0 Å². The number of pyridine rings is 1. The van der Waals surface area contributed by atoms with E-state index in [4.69, 9.17) is 14.6 Å². The molecule has 2 fully saturated rings. The number of rotatable bonds is 3. The lowest BCUT2D eigenvalue weighted by molar-refractivity contribution is -0.0960. The van der Waals surface area contributed by atoms with Crippen LogP contribution in [0.25, 0.3) is 0 Å². The maximum atomic E-state index is 11.1. The molecule has 0 radical (unpaired) electrons. The molecule has 0 aromatic carbocycles. The summed E-state index contributed by atoms with van der Waals surface area (Å²) in [6.45, 7) is 0.674. The molecule has 2 unspecified atom stereocenters. The van der Waals surface area contributed by atoms with E-state index in [1.165, 1.54) is 6.20 Å². The fourth-order valence-corrected chi connectivity index (χ4v) is 4.15. The number of aromatic carboxylic acids is 1. The number of carboxylic acid groups (broad SMARTS) is 1. The van der Waals surface area contributed by atoms with E-state index in [9.17, 15) is 4.79 Å². The summed E-state index contributed by atoms with van der Waals surface area (Å²) in [5, 5.41) is 9.13.